The average molecular weight is 286 g/mol. The van der Waals surface area contributed by atoms with Crippen LogP contribution < -0.4 is 5.73 Å². The molecule has 104 valence electrons. The number of nitrogens with zero attached hydrogens (tertiary/aromatic N) is 1. The number of rotatable bonds is 3. The van der Waals surface area contributed by atoms with Crippen LogP contribution in [0.3, 0.4) is 0 Å². The van der Waals surface area contributed by atoms with Gasteiger partial charge in [0.25, 0.3) is 5.91 Å². The van der Waals surface area contributed by atoms with Crippen molar-refractivity contribution in [2.45, 2.75) is 24.8 Å². The summed E-state index contributed by atoms with van der Waals surface area (Å²) in [5, 5.41) is 8.86. The van der Waals surface area contributed by atoms with Crippen LogP contribution in [0.1, 0.15) is 13.8 Å². The van der Waals surface area contributed by atoms with E-state index in [1.54, 1.807) is 6.92 Å². The molecule has 2 atom stereocenters. The maximum absolute atomic E-state index is 11.9. The van der Waals surface area contributed by atoms with Crippen LogP contribution in [0.4, 0.5) is 0 Å². The summed E-state index contributed by atoms with van der Waals surface area (Å²) in [7, 11) is 0. The summed E-state index contributed by atoms with van der Waals surface area (Å²) in [5.41, 5.74) is 5.09. The molecule has 2 heterocycles. The van der Waals surface area contributed by atoms with Gasteiger partial charge in [0, 0.05) is 18.2 Å². The maximum Gasteiger partial charge on any atom is 0.352 e. The van der Waals surface area contributed by atoms with E-state index in [1.165, 1.54) is 23.6 Å². The van der Waals surface area contributed by atoms with Gasteiger partial charge in [-0.3, -0.25) is 14.5 Å². The fraction of sp³-hybridized carbons (Fsp3) is 0.545. The summed E-state index contributed by atoms with van der Waals surface area (Å²) in [6.07, 6.45) is 0. The van der Waals surface area contributed by atoms with E-state index in [0.29, 0.717) is 11.3 Å². The minimum absolute atomic E-state index is 0.113. The monoisotopic (exact) mass is 286 g/mol. The van der Waals surface area contributed by atoms with Crippen LogP contribution in [0.5, 0.6) is 0 Å². The topological polar surface area (TPSA) is 110 Å². The first-order chi connectivity index (χ1) is 8.76. The van der Waals surface area contributed by atoms with Gasteiger partial charge in [-0.25, -0.2) is 4.79 Å². The molecule has 1 amide bonds. The first-order valence-electron chi connectivity index (χ1n) is 5.59. The lowest BCUT2D eigenvalue weighted by Crippen LogP contribution is -2.76. The van der Waals surface area contributed by atoms with Gasteiger partial charge in [0.2, 0.25) is 0 Å². The molecule has 2 rings (SSSR count). The maximum atomic E-state index is 11.9. The Morgan fingerprint density at radius 2 is 2.26 bits per heavy atom. The van der Waals surface area contributed by atoms with Crippen molar-refractivity contribution >= 4 is 29.6 Å². The second-order valence-electron chi connectivity index (χ2n) is 4.66. The molecule has 0 aromatic carbocycles. The van der Waals surface area contributed by atoms with Crippen molar-refractivity contribution < 1.29 is 24.2 Å². The third kappa shape index (κ3) is 2.10. The van der Waals surface area contributed by atoms with Crippen LogP contribution in [0.25, 0.3) is 0 Å². The van der Waals surface area contributed by atoms with Gasteiger partial charge in [0.1, 0.15) is 23.2 Å². The second kappa shape index (κ2) is 4.53. The first-order valence-corrected chi connectivity index (χ1v) is 6.64. The number of carboxylic acid groups (broad SMARTS) is 1. The van der Waals surface area contributed by atoms with Gasteiger partial charge >= 0.3 is 11.9 Å². The van der Waals surface area contributed by atoms with E-state index >= 15 is 0 Å². The first kappa shape index (κ1) is 13.9. The zero-order valence-electron chi connectivity index (χ0n) is 10.5. The molecule has 0 bridgehead atoms. The van der Waals surface area contributed by atoms with Crippen LogP contribution in [0.15, 0.2) is 11.3 Å². The SMILES string of the molecule is CC(=O)OCC1=C(C(=O)O)N2C(=O)[C@](C)(N)[C@H]2SC1. The number of carbonyl (C=O) groups excluding carboxylic acids is 2. The Kier molecular flexibility index (Phi) is 3.31. The number of hydrogen-bond acceptors (Lipinski definition) is 6. The van der Waals surface area contributed by atoms with Gasteiger partial charge in [0.15, 0.2) is 0 Å². The number of amides is 1. The molecule has 0 saturated carbocycles. The molecule has 8 heteroatoms. The average Bonchev–Trinajstić information content (AvgIpc) is 2.34. The van der Waals surface area contributed by atoms with Gasteiger partial charge in [-0.05, 0) is 6.92 Å². The van der Waals surface area contributed by atoms with Crippen molar-refractivity contribution in [2.24, 2.45) is 5.73 Å². The lowest BCUT2D eigenvalue weighted by Gasteiger charge is -2.54. The Bertz CT molecular complexity index is 499. The van der Waals surface area contributed by atoms with Crippen molar-refractivity contribution in [1.29, 1.82) is 0 Å². The fourth-order valence-corrected chi connectivity index (χ4v) is 3.49. The minimum Gasteiger partial charge on any atom is -0.477 e. The standard InChI is InChI=1S/C11H14N2O5S/c1-5(14)18-3-6-4-19-10-11(2,12)9(17)13(10)7(6)8(15)16/h10H,3-4,12H2,1-2H3,(H,15,16)/t10-,11+/m1/s1. The van der Waals surface area contributed by atoms with E-state index in [4.69, 9.17) is 10.5 Å². The Hall–Kier alpha value is -1.54. The molecule has 0 aromatic heterocycles. The van der Waals surface area contributed by atoms with Crippen LogP contribution in [-0.2, 0) is 19.1 Å². The minimum atomic E-state index is -1.21. The third-order valence-electron chi connectivity index (χ3n) is 3.07. The summed E-state index contributed by atoms with van der Waals surface area (Å²) >= 11 is 1.37. The van der Waals surface area contributed by atoms with Crippen molar-refractivity contribution in [3.8, 4) is 0 Å². The number of ether oxygens (including phenoxy) is 1. The summed E-state index contributed by atoms with van der Waals surface area (Å²) in [4.78, 5) is 35.2. The van der Waals surface area contributed by atoms with Crippen molar-refractivity contribution in [3.05, 3.63) is 11.3 Å². The zero-order valence-corrected chi connectivity index (χ0v) is 11.3. The largest absolute Gasteiger partial charge is 0.477 e. The summed E-state index contributed by atoms with van der Waals surface area (Å²) in [6, 6.07) is 0. The highest BCUT2D eigenvalue weighted by molar-refractivity contribution is 8.00. The lowest BCUT2D eigenvalue weighted by molar-refractivity contribution is -0.153. The van der Waals surface area contributed by atoms with Gasteiger partial charge in [-0.2, -0.15) is 0 Å². The van der Waals surface area contributed by atoms with E-state index in [2.05, 4.69) is 0 Å². The van der Waals surface area contributed by atoms with Gasteiger partial charge < -0.3 is 15.6 Å². The number of esters is 1. The van der Waals surface area contributed by atoms with Crippen LogP contribution in [0, 0.1) is 0 Å². The predicted molar refractivity (Wildman–Crippen MR) is 67.0 cm³/mol. The predicted octanol–water partition coefficient (Wildman–Crippen LogP) is -0.479. The molecular formula is C11H14N2O5S. The highest BCUT2D eigenvalue weighted by atomic mass is 32.2. The number of fused-ring (bicyclic) bond motifs is 1. The van der Waals surface area contributed by atoms with Gasteiger partial charge in [-0.15, -0.1) is 11.8 Å². The van der Waals surface area contributed by atoms with E-state index in [9.17, 15) is 19.5 Å². The molecule has 0 radical (unpaired) electrons. The van der Waals surface area contributed by atoms with Crippen molar-refractivity contribution in [3.63, 3.8) is 0 Å². The molecule has 2 aliphatic heterocycles. The molecule has 0 aromatic rings. The molecule has 7 nitrogen and oxygen atoms in total. The fourth-order valence-electron chi connectivity index (χ4n) is 2.11. The Morgan fingerprint density at radius 3 is 2.79 bits per heavy atom. The molecule has 0 aliphatic carbocycles. The molecular weight excluding hydrogens is 272 g/mol. The molecule has 0 spiro atoms. The number of hydrogen-bond donors (Lipinski definition) is 2. The Morgan fingerprint density at radius 1 is 1.63 bits per heavy atom. The van der Waals surface area contributed by atoms with Crippen LogP contribution in [0.2, 0.25) is 0 Å². The second-order valence-corrected chi connectivity index (χ2v) is 5.73. The molecule has 3 N–H and O–H groups in total. The van der Waals surface area contributed by atoms with Crippen LogP contribution in [-0.4, -0.2) is 51.1 Å². The van der Waals surface area contributed by atoms with Gasteiger partial charge in [0.05, 0.1) is 0 Å². The van der Waals surface area contributed by atoms with Crippen molar-refractivity contribution in [1.82, 2.24) is 4.90 Å². The zero-order chi connectivity index (χ0) is 14.4. The summed E-state index contributed by atoms with van der Waals surface area (Å²) in [5.74, 6) is -1.77. The summed E-state index contributed by atoms with van der Waals surface area (Å²) < 4.78 is 4.81. The number of carbonyl (C=O) groups is 3. The normalized spacial score (nSPS) is 29.7. The molecule has 0 unspecified atom stereocenters. The molecule has 1 fully saturated rings. The lowest BCUT2D eigenvalue weighted by atomic mass is 9.90. The Labute approximate surface area is 113 Å². The highest BCUT2D eigenvalue weighted by Gasteiger charge is 2.59. The highest BCUT2D eigenvalue weighted by Crippen LogP contribution is 2.44. The van der Waals surface area contributed by atoms with E-state index in [0.717, 1.165) is 0 Å². The smallest absolute Gasteiger partial charge is 0.352 e. The Balaban J connectivity index is 2.30. The molecule has 19 heavy (non-hydrogen) atoms. The van der Waals surface area contributed by atoms with Crippen LogP contribution >= 0.6 is 11.8 Å². The number of nitrogens with two attached hydrogens (primary N) is 1. The van der Waals surface area contributed by atoms with E-state index in [1.807, 2.05) is 0 Å². The number of carboxylic acids is 1. The molecule has 2 aliphatic rings. The third-order valence-corrected chi connectivity index (χ3v) is 4.60. The number of aliphatic carboxylic acids is 1. The van der Waals surface area contributed by atoms with E-state index in [-0.39, 0.29) is 17.7 Å². The van der Waals surface area contributed by atoms with E-state index < -0.39 is 23.4 Å². The van der Waals surface area contributed by atoms with Gasteiger partial charge in [-0.1, -0.05) is 0 Å². The van der Waals surface area contributed by atoms with Crippen molar-refractivity contribution in [2.75, 3.05) is 12.4 Å². The quantitative estimate of drug-likeness (QED) is 0.532. The summed E-state index contributed by atoms with van der Waals surface area (Å²) in [6.45, 7) is 2.70. The number of thioether (sulfide) groups is 1. The number of β-lactam (4-membered cyclic amide) rings is 1. The molecule has 1 saturated heterocycles.